The Labute approximate surface area is 91.6 Å². The summed E-state index contributed by atoms with van der Waals surface area (Å²) in [5.41, 5.74) is 6.57. The van der Waals surface area contributed by atoms with Gasteiger partial charge in [-0.25, -0.2) is 4.39 Å². The van der Waals surface area contributed by atoms with E-state index in [9.17, 15) is 4.39 Å². The third-order valence-corrected chi connectivity index (χ3v) is 3.62. The molecule has 0 aliphatic heterocycles. The van der Waals surface area contributed by atoms with Crippen LogP contribution in [-0.4, -0.2) is 6.04 Å². The maximum Gasteiger partial charge on any atom is 0.128 e. The molecule has 1 aromatic rings. The summed E-state index contributed by atoms with van der Waals surface area (Å²) >= 11 is 3.25. The first kappa shape index (κ1) is 10.1. The third-order valence-electron chi connectivity index (χ3n) is 3.13. The zero-order valence-corrected chi connectivity index (χ0v) is 9.64. The molecule has 1 saturated carbocycles. The quantitative estimate of drug-likeness (QED) is 0.867. The Kier molecular flexibility index (Phi) is 2.40. The third kappa shape index (κ3) is 1.48. The highest BCUT2D eigenvalue weighted by molar-refractivity contribution is 9.10. The van der Waals surface area contributed by atoms with Gasteiger partial charge in [-0.15, -0.1) is 0 Å². The summed E-state index contributed by atoms with van der Waals surface area (Å²) in [6.07, 6.45) is 2.01. The molecule has 1 unspecified atom stereocenters. The maximum atomic E-state index is 13.7. The van der Waals surface area contributed by atoms with Gasteiger partial charge in [0.1, 0.15) is 5.82 Å². The van der Waals surface area contributed by atoms with E-state index in [1.807, 2.05) is 19.1 Å². The molecule has 1 fully saturated rings. The van der Waals surface area contributed by atoms with Crippen LogP contribution < -0.4 is 5.73 Å². The van der Waals surface area contributed by atoms with Crippen LogP contribution in [0.5, 0.6) is 0 Å². The molecule has 0 bridgehead atoms. The summed E-state index contributed by atoms with van der Waals surface area (Å²) < 4.78 is 14.4. The minimum Gasteiger partial charge on any atom is -0.327 e. The molecule has 0 spiro atoms. The molecule has 2 N–H and O–H groups in total. The lowest BCUT2D eigenvalue weighted by atomic mass is 9.89. The molecule has 1 aliphatic carbocycles. The van der Waals surface area contributed by atoms with Gasteiger partial charge in [0, 0.05) is 15.9 Å². The fraction of sp³-hybridized carbons (Fsp3) is 0.455. The summed E-state index contributed by atoms with van der Waals surface area (Å²) in [7, 11) is 0. The van der Waals surface area contributed by atoms with E-state index >= 15 is 0 Å². The van der Waals surface area contributed by atoms with Gasteiger partial charge in [0.25, 0.3) is 0 Å². The van der Waals surface area contributed by atoms with Crippen LogP contribution in [0.1, 0.15) is 25.3 Å². The first-order valence-electron chi connectivity index (χ1n) is 4.77. The van der Waals surface area contributed by atoms with Crippen molar-refractivity contribution >= 4 is 15.9 Å². The van der Waals surface area contributed by atoms with E-state index in [1.54, 1.807) is 0 Å². The fourth-order valence-corrected chi connectivity index (χ4v) is 2.33. The van der Waals surface area contributed by atoms with E-state index < -0.39 is 0 Å². The molecule has 0 saturated heterocycles. The summed E-state index contributed by atoms with van der Waals surface area (Å²) in [5.74, 6) is -0.144. The van der Waals surface area contributed by atoms with Crippen molar-refractivity contribution in [3.63, 3.8) is 0 Å². The number of halogens is 2. The van der Waals surface area contributed by atoms with E-state index in [0.29, 0.717) is 0 Å². The van der Waals surface area contributed by atoms with Gasteiger partial charge in [0.05, 0.1) is 0 Å². The van der Waals surface area contributed by atoms with Gasteiger partial charge in [0.15, 0.2) is 0 Å². The Bertz CT molecular complexity index is 358. The van der Waals surface area contributed by atoms with E-state index in [0.717, 1.165) is 22.9 Å². The molecule has 0 radical (unpaired) electrons. The number of hydrogen-bond donors (Lipinski definition) is 1. The summed E-state index contributed by atoms with van der Waals surface area (Å²) in [4.78, 5) is 0. The van der Waals surface area contributed by atoms with Gasteiger partial charge in [-0.3, -0.25) is 0 Å². The van der Waals surface area contributed by atoms with E-state index in [-0.39, 0.29) is 17.3 Å². The Balaban J connectivity index is 2.42. The number of rotatable bonds is 2. The van der Waals surface area contributed by atoms with Crippen LogP contribution in [0.3, 0.4) is 0 Å². The molecule has 1 aromatic carbocycles. The average molecular weight is 258 g/mol. The van der Waals surface area contributed by atoms with Crippen LogP contribution in [0.15, 0.2) is 22.7 Å². The zero-order chi connectivity index (χ0) is 10.3. The van der Waals surface area contributed by atoms with Gasteiger partial charge in [-0.05, 0) is 37.5 Å². The lowest BCUT2D eigenvalue weighted by Gasteiger charge is -2.20. The van der Waals surface area contributed by atoms with Crippen molar-refractivity contribution in [3.8, 4) is 0 Å². The lowest BCUT2D eigenvalue weighted by molar-refractivity contribution is 0.511. The fourth-order valence-electron chi connectivity index (χ4n) is 2.00. The van der Waals surface area contributed by atoms with Crippen molar-refractivity contribution in [2.24, 2.45) is 5.73 Å². The molecule has 76 valence electrons. The topological polar surface area (TPSA) is 26.0 Å². The standard InChI is InChI=1S/C11H13BrFN/c1-7(14)11(4-5-11)9-3-2-8(12)6-10(9)13/h2-3,6-7H,4-5,14H2,1H3. The zero-order valence-electron chi connectivity index (χ0n) is 8.06. The van der Waals surface area contributed by atoms with E-state index in [4.69, 9.17) is 5.73 Å². The van der Waals surface area contributed by atoms with E-state index in [2.05, 4.69) is 15.9 Å². The van der Waals surface area contributed by atoms with Gasteiger partial charge >= 0.3 is 0 Å². The molecule has 1 aliphatic rings. The van der Waals surface area contributed by atoms with E-state index in [1.165, 1.54) is 6.07 Å². The second-order valence-electron chi connectivity index (χ2n) is 4.07. The number of nitrogens with two attached hydrogens (primary N) is 1. The first-order valence-corrected chi connectivity index (χ1v) is 5.57. The van der Waals surface area contributed by atoms with Crippen molar-refractivity contribution in [3.05, 3.63) is 34.1 Å². The van der Waals surface area contributed by atoms with Crippen LogP contribution in [0.2, 0.25) is 0 Å². The smallest absolute Gasteiger partial charge is 0.128 e. The van der Waals surface area contributed by atoms with Gasteiger partial charge in [-0.2, -0.15) is 0 Å². The Morgan fingerprint density at radius 2 is 2.14 bits per heavy atom. The van der Waals surface area contributed by atoms with Crippen LogP contribution >= 0.6 is 15.9 Å². The molecule has 2 rings (SSSR count). The van der Waals surface area contributed by atoms with Gasteiger partial charge in [-0.1, -0.05) is 22.0 Å². The Hall–Kier alpha value is -0.410. The predicted octanol–water partition coefficient (Wildman–Crippen LogP) is 2.97. The second-order valence-corrected chi connectivity index (χ2v) is 4.98. The molecule has 14 heavy (non-hydrogen) atoms. The molecular weight excluding hydrogens is 245 g/mol. The highest BCUT2D eigenvalue weighted by atomic mass is 79.9. The summed E-state index contributed by atoms with van der Waals surface area (Å²) in [6, 6.07) is 5.26. The monoisotopic (exact) mass is 257 g/mol. The van der Waals surface area contributed by atoms with Crippen LogP contribution in [0.4, 0.5) is 4.39 Å². The largest absolute Gasteiger partial charge is 0.327 e. The highest BCUT2D eigenvalue weighted by Crippen LogP contribution is 2.51. The van der Waals surface area contributed by atoms with Crippen LogP contribution in [0.25, 0.3) is 0 Å². The van der Waals surface area contributed by atoms with Crippen molar-refractivity contribution in [2.45, 2.75) is 31.2 Å². The van der Waals surface area contributed by atoms with Crippen molar-refractivity contribution < 1.29 is 4.39 Å². The molecule has 1 atom stereocenters. The molecule has 0 aromatic heterocycles. The molecule has 1 nitrogen and oxygen atoms in total. The van der Waals surface area contributed by atoms with Crippen molar-refractivity contribution in [1.29, 1.82) is 0 Å². The summed E-state index contributed by atoms with van der Waals surface area (Å²) in [5, 5.41) is 0. The van der Waals surface area contributed by atoms with Crippen LogP contribution in [-0.2, 0) is 5.41 Å². The number of benzene rings is 1. The van der Waals surface area contributed by atoms with Crippen molar-refractivity contribution in [2.75, 3.05) is 0 Å². The second kappa shape index (κ2) is 3.31. The van der Waals surface area contributed by atoms with Crippen molar-refractivity contribution in [1.82, 2.24) is 0 Å². The Morgan fingerprint density at radius 1 is 1.50 bits per heavy atom. The molecule has 3 heteroatoms. The molecular formula is C11H13BrFN. The van der Waals surface area contributed by atoms with Gasteiger partial charge < -0.3 is 5.73 Å². The minimum atomic E-state index is -0.144. The highest BCUT2D eigenvalue weighted by Gasteiger charge is 2.48. The SMILES string of the molecule is CC(N)C1(c2ccc(Br)cc2F)CC1. The average Bonchev–Trinajstić information content (AvgIpc) is 2.84. The first-order chi connectivity index (χ1) is 6.56. The normalized spacial score (nSPS) is 20.6. The maximum absolute atomic E-state index is 13.7. The predicted molar refractivity (Wildman–Crippen MR) is 58.7 cm³/mol. The number of hydrogen-bond acceptors (Lipinski definition) is 1. The molecule has 0 amide bonds. The van der Waals surface area contributed by atoms with Gasteiger partial charge in [0.2, 0.25) is 0 Å². The summed E-state index contributed by atoms with van der Waals surface area (Å²) in [6.45, 7) is 1.95. The molecule has 0 heterocycles. The lowest BCUT2D eigenvalue weighted by Crippen LogP contribution is -2.32. The van der Waals surface area contributed by atoms with Crippen LogP contribution in [0, 0.1) is 5.82 Å². The Morgan fingerprint density at radius 3 is 2.57 bits per heavy atom. The minimum absolute atomic E-state index is 0.0261.